The molecule has 6 heteroatoms. The Labute approximate surface area is 160 Å². The number of carbonyl (C=O) groups is 2. The fraction of sp³-hybridized carbons (Fsp3) is 0.333. The summed E-state index contributed by atoms with van der Waals surface area (Å²) >= 11 is 0. The van der Waals surface area contributed by atoms with Crippen molar-refractivity contribution in [2.45, 2.75) is 13.0 Å². The fourth-order valence-electron chi connectivity index (χ4n) is 2.73. The normalized spacial score (nSPS) is 11.7. The van der Waals surface area contributed by atoms with E-state index >= 15 is 0 Å². The molecule has 1 N–H and O–H groups in total. The van der Waals surface area contributed by atoms with Gasteiger partial charge in [0.2, 0.25) is 0 Å². The Hall–Kier alpha value is -2.86. The smallest absolute Gasteiger partial charge is 0.258 e. The maximum atomic E-state index is 12.2. The highest BCUT2D eigenvalue weighted by Gasteiger charge is 2.19. The van der Waals surface area contributed by atoms with Crippen molar-refractivity contribution in [1.29, 1.82) is 0 Å². The van der Waals surface area contributed by atoms with Gasteiger partial charge in [-0.05, 0) is 39.2 Å². The molecule has 2 aromatic carbocycles. The molecule has 0 fully saturated rings. The van der Waals surface area contributed by atoms with Crippen molar-refractivity contribution in [3.63, 3.8) is 0 Å². The molecule has 2 aromatic rings. The summed E-state index contributed by atoms with van der Waals surface area (Å²) in [6.07, 6.45) is 0. The number of ether oxygens (including phenoxy) is 2. The van der Waals surface area contributed by atoms with Gasteiger partial charge in [0, 0.05) is 17.7 Å². The number of rotatable bonds is 9. The number of para-hydroxylation sites is 1. The lowest BCUT2D eigenvalue weighted by Crippen LogP contribution is -2.37. The molecule has 0 bridgehead atoms. The van der Waals surface area contributed by atoms with Crippen LogP contribution in [0, 0.1) is 0 Å². The van der Waals surface area contributed by atoms with Crippen LogP contribution in [0.15, 0.2) is 48.5 Å². The lowest BCUT2D eigenvalue weighted by Gasteiger charge is -2.26. The van der Waals surface area contributed by atoms with E-state index < -0.39 is 0 Å². The molecule has 27 heavy (non-hydrogen) atoms. The number of methoxy groups -OCH3 is 1. The lowest BCUT2D eigenvalue weighted by molar-refractivity contribution is -0.123. The average molecular weight is 370 g/mol. The molecular formula is C21H26N2O4. The first kappa shape index (κ1) is 20.5. The Morgan fingerprint density at radius 1 is 1.11 bits per heavy atom. The van der Waals surface area contributed by atoms with Crippen LogP contribution in [0.2, 0.25) is 0 Å². The van der Waals surface area contributed by atoms with Crippen LogP contribution < -0.4 is 14.8 Å². The molecule has 6 nitrogen and oxygen atoms in total. The van der Waals surface area contributed by atoms with Gasteiger partial charge in [0.05, 0.1) is 13.2 Å². The minimum Gasteiger partial charge on any atom is -0.496 e. The van der Waals surface area contributed by atoms with Gasteiger partial charge in [0.25, 0.3) is 5.91 Å². The third-order valence-corrected chi connectivity index (χ3v) is 4.22. The third-order valence-electron chi connectivity index (χ3n) is 4.22. The van der Waals surface area contributed by atoms with Crippen molar-refractivity contribution in [2.24, 2.45) is 0 Å². The summed E-state index contributed by atoms with van der Waals surface area (Å²) in [6, 6.07) is 14.5. The number of ketones is 1. The van der Waals surface area contributed by atoms with Crippen LogP contribution >= 0.6 is 0 Å². The molecule has 0 radical (unpaired) electrons. The largest absolute Gasteiger partial charge is 0.496 e. The number of Topliss-reactive ketones (excluding diaryl/α,β-unsaturated/α-hetero) is 1. The summed E-state index contributed by atoms with van der Waals surface area (Å²) in [6.45, 7) is 1.79. The SMILES string of the molecule is COc1ccccc1C(CNC(=O)COc1cccc(C(C)=O)c1)N(C)C. The minimum absolute atomic E-state index is 0.0360. The zero-order valence-electron chi connectivity index (χ0n) is 16.2. The molecule has 0 spiro atoms. The van der Waals surface area contributed by atoms with Gasteiger partial charge >= 0.3 is 0 Å². The summed E-state index contributed by atoms with van der Waals surface area (Å²) in [7, 11) is 5.53. The predicted molar refractivity (Wildman–Crippen MR) is 104 cm³/mol. The van der Waals surface area contributed by atoms with E-state index in [9.17, 15) is 9.59 Å². The van der Waals surface area contributed by atoms with Crippen molar-refractivity contribution in [3.8, 4) is 11.5 Å². The molecule has 1 unspecified atom stereocenters. The monoisotopic (exact) mass is 370 g/mol. The Morgan fingerprint density at radius 2 is 1.85 bits per heavy atom. The zero-order chi connectivity index (χ0) is 19.8. The number of likely N-dealkylation sites (N-methyl/N-ethyl adjacent to an activating group) is 1. The first-order chi connectivity index (χ1) is 12.9. The van der Waals surface area contributed by atoms with Crippen LogP contribution in [0.4, 0.5) is 0 Å². The number of nitrogens with one attached hydrogen (secondary N) is 1. The van der Waals surface area contributed by atoms with Gasteiger partial charge in [-0.2, -0.15) is 0 Å². The fourth-order valence-corrected chi connectivity index (χ4v) is 2.73. The van der Waals surface area contributed by atoms with E-state index in [1.165, 1.54) is 6.92 Å². The number of nitrogens with zero attached hydrogens (tertiary/aromatic N) is 1. The number of benzene rings is 2. The second kappa shape index (κ2) is 9.73. The first-order valence-electron chi connectivity index (χ1n) is 8.72. The summed E-state index contributed by atoms with van der Waals surface area (Å²) < 4.78 is 10.9. The average Bonchev–Trinajstić information content (AvgIpc) is 2.66. The van der Waals surface area contributed by atoms with Gasteiger partial charge < -0.3 is 19.7 Å². The van der Waals surface area contributed by atoms with Crippen molar-refractivity contribution in [3.05, 3.63) is 59.7 Å². The number of carbonyl (C=O) groups excluding carboxylic acids is 2. The van der Waals surface area contributed by atoms with E-state index in [4.69, 9.17) is 9.47 Å². The molecule has 1 atom stereocenters. The molecule has 0 saturated heterocycles. The van der Waals surface area contributed by atoms with Gasteiger partial charge in [-0.15, -0.1) is 0 Å². The van der Waals surface area contributed by atoms with Gasteiger partial charge in [-0.25, -0.2) is 0 Å². The van der Waals surface area contributed by atoms with Gasteiger partial charge in [-0.3, -0.25) is 9.59 Å². The molecular weight excluding hydrogens is 344 g/mol. The van der Waals surface area contributed by atoms with E-state index in [-0.39, 0.29) is 24.3 Å². The number of hydrogen-bond donors (Lipinski definition) is 1. The van der Waals surface area contributed by atoms with Gasteiger partial charge in [0.1, 0.15) is 11.5 Å². The highest BCUT2D eigenvalue weighted by molar-refractivity contribution is 5.94. The summed E-state index contributed by atoms with van der Waals surface area (Å²) in [4.78, 5) is 25.6. The molecule has 0 aliphatic heterocycles. The van der Waals surface area contributed by atoms with Crippen molar-refractivity contribution in [1.82, 2.24) is 10.2 Å². The van der Waals surface area contributed by atoms with Crippen LogP contribution in [-0.4, -0.2) is 50.9 Å². The zero-order valence-corrected chi connectivity index (χ0v) is 16.2. The molecule has 0 aliphatic carbocycles. The molecule has 0 saturated carbocycles. The van der Waals surface area contributed by atoms with E-state index in [1.54, 1.807) is 31.4 Å². The second-order valence-corrected chi connectivity index (χ2v) is 6.40. The Morgan fingerprint density at radius 3 is 2.52 bits per heavy atom. The number of amides is 1. The summed E-state index contributed by atoms with van der Waals surface area (Å²) in [5.41, 5.74) is 1.55. The Kier molecular flexibility index (Phi) is 7.37. The predicted octanol–water partition coefficient (Wildman–Crippen LogP) is 2.70. The van der Waals surface area contributed by atoms with E-state index in [0.717, 1.165) is 11.3 Å². The van der Waals surface area contributed by atoms with Crippen LogP contribution in [0.1, 0.15) is 28.9 Å². The van der Waals surface area contributed by atoms with E-state index in [2.05, 4.69) is 5.32 Å². The van der Waals surface area contributed by atoms with Gasteiger partial charge in [0.15, 0.2) is 12.4 Å². The van der Waals surface area contributed by atoms with Crippen LogP contribution in [0.5, 0.6) is 11.5 Å². The second-order valence-electron chi connectivity index (χ2n) is 6.40. The molecule has 0 aliphatic rings. The first-order valence-corrected chi connectivity index (χ1v) is 8.72. The maximum Gasteiger partial charge on any atom is 0.258 e. The Balaban J connectivity index is 1.94. The Bertz CT molecular complexity index is 789. The topological polar surface area (TPSA) is 67.9 Å². The molecule has 2 rings (SSSR count). The minimum atomic E-state index is -0.232. The highest BCUT2D eigenvalue weighted by atomic mass is 16.5. The maximum absolute atomic E-state index is 12.2. The summed E-state index contributed by atoms with van der Waals surface area (Å²) in [5.74, 6) is 0.995. The van der Waals surface area contributed by atoms with Crippen LogP contribution in [-0.2, 0) is 4.79 Å². The van der Waals surface area contributed by atoms with Crippen molar-refractivity contribution >= 4 is 11.7 Å². The molecule has 1 amide bonds. The lowest BCUT2D eigenvalue weighted by atomic mass is 10.0. The van der Waals surface area contributed by atoms with E-state index in [1.807, 2.05) is 43.3 Å². The standard InChI is InChI=1S/C21H26N2O4/c1-15(24)16-8-7-9-17(12-16)27-14-21(25)22-13-19(23(2)3)18-10-5-6-11-20(18)26-4/h5-12,19H,13-14H2,1-4H3,(H,22,25). The molecule has 0 heterocycles. The summed E-state index contributed by atoms with van der Waals surface area (Å²) in [5, 5.41) is 2.89. The molecule has 0 aromatic heterocycles. The quantitative estimate of drug-likeness (QED) is 0.688. The van der Waals surface area contributed by atoms with Crippen LogP contribution in [0.3, 0.4) is 0 Å². The van der Waals surface area contributed by atoms with E-state index in [0.29, 0.717) is 17.9 Å². The van der Waals surface area contributed by atoms with Crippen LogP contribution in [0.25, 0.3) is 0 Å². The number of hydrogen-bond acceptors (Lipinski definition) is 5. The van der Waals surface area contributed by atoms with Crippen molar-refractivity contribution < 1.29 is 19.1 Å². The third kappa shape index (κ3) is 5.82. The van der Waals surface area contributed by atoms with Gasteiger partial charge in [-0.1, -0.05) is 30.3 Å². The highest BCUT2D eigenvalue weighted by Crippen LogP contribution is 2.27. The molecule has 144 valence electrons. The van der Waals surface area contributed by atoms with Crippen molar-refractivity contribution in [2.75, 3.05) is 34.4 Å².